The summed E-state index contributed by atoms with van der Waals surface area (Å²) in [6.45, 7) is 1.01. The minimum atomic E-state index is -4.98. The van der Waals surface area contributed by atoms with Crippen LogP contribution in [0, 0.1) is 0 Å². The van der Waals surface area contributed by atoms with Crippen LogP contribution in [0.5, 0.6) is 0 Å². The lowest BCUT2D eigenvalue weighted by Gasteiger charge is -2.41. The van der Waals surface area contributed by atoms with Crippen LogP contribution in [0.15, 0.2) is 0 Å². The van der Waals surface area contributed by atoms with E-state index in [-0.39, 0.29) is 6.42 Å². The maximum Gasteiger partial charge on any atom is 0.472 e. The first kappa shape index (κ1) is 40.4. The Morgan fingerprint density at radius 1 is 0.628 bits per heavy atom. The minimum Gasteiger partial charge on any atom is -0.463 e. The molecule has 0 spiro atoms. The number of hydrogen-bond donors (Lipinski definition) is 7. The van der Waals surface area contributed by atoms with Crippen molar-refractivity contribution in [3.63, 3.8) is 0 Å². The van der Waals surface area contributed by atoms with Crippen molar-refractivity contribution in [3.05, 3.63) is 0 Å². The molecule has 12 nitrogen and oxygen atoms in total. The van der Waals surface area contributed by atoms with Crippen LogP contribution in [-0.2, 0) is 23.1 Å². The van der Waals surface area contributed by atoms with Crippen LogP contribution in [0.25, 0.3) is 0 Å². The Kier molecular flexibility index (Phi) is 22.2. The molecule has 1 fully saturated rings. The van der Waals surface area contributed by atoms with Gasteiger partial charge in [-0.1, -0.05) is 116 Å². The van der Waals surface area contributed by atoms with Gasteiger partial charge in [-0.25, -0.2) is 4.57 Å². The third-order valence-electron chi connectivity index (χ3n) is 7.93. The third kappa shape index (κ3) is 18.2. The van der Waals surface area contributed by atoms with E-state index < -0.39 is 69.7 Å². The number of carbonyl (C=O) groups is 1. The molecule has 0 amide bonds. The number of esters is 1. The van der Waals surface area contributed by atoms with Crippen molar-refractivity contribution >= 4 is 13.8 Å². The molecule has 0 aromatic rings. The summed E-state index contributed by atoms with van der Waals surface area (Å²) in [5.41, 5.74) is 0. The van der Waals surface area contributed by atoms with Crippen LogP contribution in [-0.4, -0.2) is 97.4 Å². The van der Waals surface area contributed by atoms with Crippen molar-refractivity contribution in [1.29, 1.82) is 0 Å². The van der Waals surface area contributed by atoms with Crippen LogP contribution >= 0.6 is 7.82 Å². The molecule has 0 heterocycles. The van der Waals surface area contributed by atoms with E-state index in [0.717, 1.165) is 19.3 Å². The highest BCUT2D eigenvalue weighted by atomic mass is 31.2. The highest BCUT2D eigenvalue weighted by Gasteiger charge is 2.51. The maximum atomic E-state index is 12.1. The van der Waals surface area contributed by atoms with E-state index in [0.29, 0.717) is 6.42 Å². The molecule has 6 unspecified atom stereocenters. The average molecular weight is 643 g/mol. The summed E-state index contributed by atoms with van der Waals surface area (Å²) in [5, 5.41) is 58.6. The summed E-state index contributed by atoms with van der Waals surface area (Å²) in [6, 6.07) is 0. The van der Waals surface area contributed by atoms with Crippen molar-refractivity contribution < 1.29 is 58.7 Å². The molecule has 0 bridgehead atoms. The van der Waals surface area contributed by atoms with E-state index in [4.69, 9.17) is 4.74 Å². The van der Waals surface area contributed by atoms with E-state index in [1.807, 2.05) is 0 Å². The second-order valence-corrected chi connectivity index (χ2v) is 13.3. The first-order valence-electron chi connectivity index (χ1n) is 16.4. The quantitative estimate of drug-likeness (QED) is 0.0411. The van der Waals surface area contributed by atoms with E-state index in [9.17, 15) is 44.9 Å². The smallest absolute Gasteiger partial charge is 0.463 e. The van der Waals surface area contributed by atoms with Gasteiger partial charge in [-0.05, 0) is 6.42 Å². The molecule has 43 heavy (non-hydrogen) atoms. The van der Waals surface area contributed by atoms with Crippen LogP contribution in [0.4, 0.5) is 0 Å². The Labute approximate surface area is 257 Å². The van der Waals surface area contributed by atoms with Gasteiger partial charge in [-0.15, -0.1) is 0 Å². The number of phosphoric acid groups is 1. The molecule has 0 saturated heterocycles. The van der Waals surface area contributed by atoms with E-state index in [1.54, 1.807) is 0 Å². The van der Waals surface area contributed by atoms with Gasteiger partial charge >= 0.3 is 13.8 Å². The normalized spacial score (nSPS) is 26.2. The predicted molar refractivity (Wildman–Crippen MR) is 161 cm³/mol. The molecular formula is C30H59O12P. The fourth-order valence-corrected chi connectivity index (χ4v) is 6.14. The number of unbranched alkanes of at least 4 members (excludes halogenated alkanes) is 17. The summed E-state index contributed by atoms with van der Waals surface area (Å²) in [7, 11) is -4.98. The second kappa shape index (κ2) is 23.6. The Hall–Kier alpha value is -0.660. The topological polar surface area (TPSA) is 203 Å². The molecular weight excluding hydrogens is 583 g/mol. The highest BCUT2D eigenvalue weighted by molar-refractivity contribution is 7.47. The molecule has 0 aliphatic heterocycles. The van der Waals surface area contributed by atoms with Gasteiger partial charge in [0.2, 0.25) is 0 Å². The van der Waals surface area contributed by atoms with E-state index >= 15 is 0 Å². The number of aliphatic hydroxyl groups excluding tert-OH is 6. The van der Waals surface area contributed by atoms with Gasteiger partial charge in [-0.3, -0.25) is 13.8 Å². The van der Waals surface area contributed by atoms with Gasteiger partial charge in [0.15, 0.2) is 0 Å². The van der Waals surface area contributed by atoms with Crippen LogP contribution in [0.2, 0.25) is 0 Å². The Bertz CT molecular complexity index is 741. The zero-order chi connectivity index (χ0) is 32.1. The molecule has 1 saturated carbocycles. The number of carbonyl (C=O) groups excluding carboxylic acids is 1. The molecule has 1 aliphatic rings. The number of hydrogen-bond acceptors (Lipinski definition) is 11. The fourth-order valence-electron chi connectivity index (χ4n) is 5.17. The van der Waals surface area contributed by atoms with Crippen molar-refractivity contribution in [2.45, 2.75) is 172 Å². The molecule has 1 rings (SSSR count). The minimum absolute atomic E-state index is 0.196. The van der Waals surface area contributed by atoms with Gasteiger partial charge in [0, 0.05) is 6.42 Å². The average Bonchev–Trinajstić information content (AvgIpc) is 2.98. The Balaban J connectivity index is 1.99. The molecule has 8 atom stereocenters. The Morgan fingerprint density at radius 3 is 1.42 bits per heavy atom. The Morgan fingerprint density at radius 2 is 1.00 bits per heavy atom. The number of rotatable bonds is 26. The van der Waals surface area contributed by atoms with Crippen molar-refractivity contribution in [1.82, 2.24) is 0 Å². The second-order valence-electron chi connectivity index (χ2n) is 11.9. The zero-order valence-electron chi connectivity index (χ0n) is 26.0. The van der Waals surface area contributed by atoms with Crippen LogP contribution in [0.1, 0.15) is 129 Å². The van der Waals surface area contributed by atoms with Gasteiger partial charge in [0.1, 0.15) is 49.3 Å². The largest absolute Gasteiger partial charge is 0.472 e. The van der Waals surface area contributed by atoms with Gasteiger partial charge < -0.3 is 40.3 Å². The molecule has 13 heteroatoms. The monoisotopic (exact) mass is 642 g/mol. The summed E-state index contributed by atoms with van der Waals surface area (Å²) in [4.78, 5) is 21.7. The SMILES string of the molecule is CCCCCCCCCCCCCCCCCCCCC(=O)OC[C@@H](O)COP(=O)(O)OC1C(O)C(O)C(O)[C@@H](O)C1O. The summed E-state index contributed by atoms with van der Waals surface area (Å²) < 4.78 is 26.4. The number of ether oxygens (including phenoxy) is 1. The van der Waals surface area contributed by atoms with Gasteiger partial charge in [0.25, 0.3) is 0 Å². The van der Waals surface area contributed by atoms with Crippen molar-refractivity contribution in [3.8, 4) is 0 Å². The van der Waals surface area contributed by atoms with E-state index in [2.05, 4.69) is 16.0 Å². The standard InChI is InChI=1S/C30H59O12P/c1-2-3-4-5-6-7-8-9-10-11-12-13-14-15-16-17-18-19-20-24(32)40-21-23(31)22-41-43(38,39)42-30-28(36)26(34)25(33)27(35)29(30)37/h23,25-31,33-37H,2-22H2,1H3,(H,38,39)/t23-,25?,26-,27?,28?,29?,30?/m1/s1. The van der Waals surface area contributed by atoms with Crippen molar-refractivity contribution in [2.75, 3.05) is 13.2 Å². The number of aliphatic hydroxyl groups is 6. The first-order valence-corrected chi connectivity index (χ1v) is 17.9. The zero-order valence-corrected chi connectivity index (χ0v) is 26.9. The molecule has 0 aromatic carbocycles. The predicted octanol–water partition coefficient (Wildman–Crippen LogP) is 3.64. The third-order valence-corrected chi connectivity index (χ3v) is 8.91. The molecule has 256 valence electrons. The van der Waals surface area contributed by atoms with Gasteiger partial charge in [-0.2, -0.15) is 0 Å². The van der Waals surface area contributed by atoms with Crippen LogP contribution < -0.4 is 0 Å². The maximum absolute atomic E-state index is 12.1. The first-order chi connectivity index (χ1) is 20.5. The molecule has 7 N–H and O–H groups in total. The summed E-state index contributed by atoms with van der Waals surface area (Å²) in [5.74, 6) is -0.506. The molecule has 1 aliphatic carbocycles. The fraction of sp³-hybridized carbons (Fsp3) is 0.967. The lowest BCUT2D eigenvalue weighted by atomic mass is 9.85. The lowest BCUT2D eigenvalue weighted by Crippen LogP contribution is -2.64. The summed E-state index contributed by atoms with van der Waals surface area (Å²) >= 11 is 0. The molecule has 0 radical (unpaired) electrons. The number of phosphoric ester groups is 1. The summed E-state index contributed by atoms with van der Waals surface area (Å²) in [6.07, 6.45) is 9.51. The molecule has 0 aromatic heterocycles. The van der Waals surface area contributed by atoms with Crippen LogP contribution in [0.3, 0.4) is 0 Å². The van der Waals surface area contributed by atoms with Gasteiger partial charge in [0.05, 0.1) is 6.61 Å². The highest BCUT2D eigenvalue weighted by Crippen LogP contribution is 2.47. The van der Waals surface area contributed by atoms with Crippen molar-refractivity contribution in [2.24, 2.45) is 0 Å². The van der Waals surface area contributed by atoms with E-state index in [1.165, 1.54) is 89.9 Å². The lowest BCUT2D eigenvalue weighted by molar-refractivity contribution is -0.220.